The second kappa shape index (κ2) is 9.28. The molecule has 0 bridgehead atoms. The number of hydrogen-bond donors (Lipinski definition) is 5. The standard InChI is InChI=1S/C15H31ClN6O2/c1-3-24-11-4-5-19-7-10(11)21-15(23)12(13(17)18)14-20-6-9(16)8-22(14)2/h9-14,19-20H,3-8,17-18H2,1-2H3,(H,21,23). The van der Waals surface area contributed by atoms with Crippen LogP contribution in [0.3, 0.4) is 0 Å². The van der Waals surface area contributed by atoms with Crippen LogP contribution in [0.4, 0.5) is 0 Å². The lowest BCUT2D eigenvalue weighted by atomic mass is 9.96. The molecule has 2 aliphatic heterocycles. The Labute approximate surface area is 149 Å². The van der Waals surface area contributed by atoms with Crippen LogP contribution < -0.4 is 27.4 Å². The Morgan fingerprint density at radius 1 is 1.46 bits per heavy atom. The molecule has 9 heteroatoms. The Bertz CT molecular complexity index is 411. The fraction of sp³-hybridized carbons (Fsp3) is 0.933. The molecule has 0 aromatic rings. The van der Waals surface area contributed by atoms with Crippen LogP contribution in [0.15, 0.2) is 0 Å². The molecule has 7 N–H and O–H groups in total. The van der Waals surface area contributed by atoms with E-state index in [-0.39, 0.29) is 29.6 Å². The van der Waals surface area contributed by atoms with Crippen molar-refractivity contribution in [1.82, 2.24) is 20.9 Å². The molecule has 0 spiro atoms. The van der Waals surface area contributed by atoms with E-state index < -0.39 is 12.1 Å². The van der Waals surface area contributed by atoms with Crippen molar-refractivity contribution in [2.75, 3.05) is 39.8 Å². The SMILES string of the molecule is CCOC1CCNCC1NC(=O)C(C(N)N)C1NCC(Cl)CN1C. The second-order valence-corrected chi connectivity index (χ2v) is 7.21. The van der Waals surface area contributed by atoms with Crippen molar-refractivity contribution < 1.29 is 9.53 Å². The summed E-state index contributed by atoms with van der Waals surface area (Å²) in [4.78, 5) is 14.9. The van der Waals surface area contributed by atoms with Crippen LogP contribution in [0.25, 0.3) is 0 Å². The first-order valence-electron chi connectivity index (χ1n) is 8.65. The second-order valence-electron chi connectivity index (χ2n) is 6.59. The highest BCUT2D eigenvalue weighted by Gasteiger charge is 2.39. The summed E-state index contributed by atoms with van der Waals surface area (Å²) in [7, 11) is 1.92. The van der Waals surface area contributed by atoms with Gasteiger partial charge in [0.25, 0.3) is 0 Å². The number of halogens is 1. The van der Waals surface area contributed by atoms with Crippen molar-refractivity contribution >= 4 is 17.5 Å². The van der Waals surface area contributed by atoms with Gasteiger partial charge in [0.05, 0.1) is 35.8 Å². The predicted octanol–water partition coefficient (Wildman–Crippen LogP) is -1.80. The van der Waals surface area contributed by atoms with Gasteiger partial charge in [-0.2, -0.15) is 0 Å². The smallest absolute Gasteiger partial charge is 0.229 e. The van der Waals surface area contributed by atoms with E-state index in [9.17, 15) is 4.79 Å². The molecule has 0 aromatic carbocycles. The first kappa shape index (κ1) is 19.8. The zero-order valence-corrected chi connectivity index (χ0v) is 15.3. The van der Waals surface area contributed by atoms with Gasteiger partial charge in [0.2, 0.25) is 5.91 Å². The first-order valence-corrected chi connectivity index (χ1v) is 9.09. The molecule has 5 atom stereocenters. The van der Waals surface area contributed by atoms with E-state index in [2.05, 4.69) is 16.0 Å². The number of carbonyl (C=O) groups is 1. The van der Waals surface area contributed by atoms with Gasteiger partial charge in [0.1, 0.15) is 0 Å². The minimum atomic E-state index is -0.765. The average molecular weight is 363 g/mol. The minimum Gasteiger partial charge on any atom is -0.376 e. The number of hydrogen-bond acceptors (Lipinski definition) is 7. The maximum atomic E-state index is 12.9. The Balaban J connectivity index is 2.03. The van der Waals surface area contributed by atoms with Crippen molar-refractivity contribution in [2.45, 2.75) is 43.2 Å². The maximum Gasteiger partial charge on any atom is 0.229 e. The quantitative estimate of drug-likeness (QED) is 0.279. The monoisotopic (exact) mass is 362 g/mol. The molecular formula is C15H31ClN6O2. The molecule has 2 rings (SSSR count). The molecule has 24 heavy (non-hydrogen) atoms. The Hall–Kier alpha value is -0.480. The molecule has 2 heterocycles. The van der Waals surface area contributed by atoms with Gasteiger partial charge in [-0.3, -0.25) is 15.0 Å². The van der Waals surface area contributed by atoms with Crippen molar-refractivity contribution in [3.05, 3.63) is 0 Å². The molecule has 140 valence electrons. The highest BCUT2D eigenvalue weighted by Crippen LogP contribution is 2.17. The fourth-order valence-corrected chi connectivity index (χ4v) is 3.80. The minimum absolute atomic E-state index is 0.00818. The number of nitrogens with one attached hydrogen (secondary N) is 3. The normalized spacial score (nSPS) is 33.4. The van der Waals surface area contributed by atoms with Gasteiger partial charge in [-0.1, -0.05) is 0 Å². The van der Waals surface area contributed by atoms with Crippen LogP contribution >= 0.6 is 11.6 Å². The van der Waals surface area contributed by atoms with Gasteiger partial charge in [-0.05, 0) is 26.9 Å². The van der Waals surface area contributed by atoms with Crippen LogP contribution in [-0.2, 0) is 9.53 Å². The molecule has 0 radical (unpaired) electrons. The fourth-order valence-electron chi connectivity index (χ4n) is 3.50. The molecule has 2 saturated heterocycles. The number of rotatable bonds is 6. The van der Waals surface area contributed by atoms with Gasteiger partial charge in [0.15, 0.2) is 0 Å². The number of ether oxygens (including phenoxy) is 1. The summed E-state index contributed by atoms with van der Waals surface area (Å²) in [6.07, 6.45) is -0.117. The van der Waals surface area contributed by atoms with Gasteiger partial charge in [-0.15, -0.1) is 11.6 Å². The zero-order valence-electron chi connectivity index (χ0n) is 14.5. The molecule has 2 fully saturated rings. The summed E-state index contributed by atoms with van der Waals surface area (Å²) >= 11 is 6.16. The number of carbonyl (C=O) groups excluding carboxylic acids is 1. The summed E-state index contributed by atoms with van der Waals surface area (Å²) < 4.78 is 5.76. The topological polar surface area (TPSA) is 118 Å². The van der Waals surface area contributed by atoms with Crippen molar-refractivity contribution in [1.29, 1.82) is 0 Å². The Morgan fingerprint density at radius 3 is 2.83 bits per heavy atom. The lowest BCUT2D eigenvalue weighted by Crippen LogP contribution is -2.66. The van der Waals surface area contributed by atoms with E-state index in [0.29, 0.717) is 26.2 Å². The highest BCUT2D eigenvalue weighted by molar-refractivity contribution is 6.21. The maximum absolute atomic E-state index is 12.9. The van der Waals surface area contributed by atoms with Crippen LogP contribution in [0.1, 0.15) is 13.3 Å². The van der Waals surface area contributed by atoms with Gasteiger partial charge >= 0.3 is 0 Å². The summed E-state index contributed by atoms with van der Waals surface area (Å²) in [6.45, 7) is 5.47. The van der Waals surface area contributed by atoms with Crippen LogP contribution in [0.5, 0.6) is 0 Å². The van der Waals surface area contributed by atoms with E-state index in [1.165, 1.54) is 0 Å². The highest BCUT2D eigenvalue weighted by atomic mass is 35.5. The molecule has 5 unspecified atom stereocenters. The van der Waals surface area contributed by atoms with E-state index >= 15 is 0 Å². The van der Waals surface area contributed by atoms with Crippen molar-refractivity contribution in [3.63, 3.8) is 0 Å². The van der Waals surface area contributed by atoms with Gasteiger partial charge in [-0.25, -0.2) is 0 Å². The average Bonchev–Trinajstić information content (AvgIpc) is 2.51. The lowest BCUT2D eigenvalue weighted by Gasteiger charge is -2.42. The first-order chi connectivity index (χ1) is 11.4. The summed E-state index contributed by atoms with van der Waals surface area (Å²) in [5, 5.41) is 9.66. The molecule has 0 aromatic heterocycles. The molecular weight excluding hydrogens is 332 g/mol. The summed E-state index contributed by atoms with van der Waals surface area (Å²) in [5.41, 5.74) is 11.9. The van der Waals surface area contributed by atoms with Gasteiger partial charge < -0.3 is 26.8 Å². The van der Waals surface area contributed by atoms with E-state index in [1.54, 1.807) is 0 Å². The number of piperidine rings is 1. The predicted molar refractivity (Wildman–Crippen MR) is 94.5 cm³/mol. The van der Waals surface area contributed by atoms with Gasteiger partial charge in [0, 0.05) is 26.2 Å². The van der Waals surface area contributed by atoms with E-state index in [1.807, 2.05) is 18.9 Å². The van der Waals surface area contributed by atoms with Crippen LogP contribution in [0.2, 0.25) is 0 Å². The zero-order chi connectivity index (χ0) is 17.7. The van der Waals surface area contributed by atoms with Crippen LogP contribution in [0, 0.1) is 5.92 Å². The Kier molecular flexibility index (Phi) is 7.67. The number of nitrogens with two attached hydrogens (primary N) is 2. The summed E-state index contributed by atoms with van der Waals surface area (Å²) in [5.74, 6) is -0.718. The Morgan fingerprint density at radius 2 is 2.21 bits per heavy atom. The third-order valence-corrected chi connectivity index (χ3v) is 4.99. The molecule has 8 nitrogen and oxygen atoms in total. The van der Waals surface area contributed by atoms with Crippen molar-refractivity contribution in [2.24, 2.45) is 17.4 Å². The third kappa shape index (κ3) is 5.01. The number of alkyl halides is 1. The van der Waals surface area contributed by atoms with Crippen LogP contribution in [-0.4, -0.2) is 80.5 Å². The van der Waals surface area contributed by atoms with E-state index in [0.717, 1.165) is 13.0 Å². The number of nitrogens with zero attached hydrogens (tertiary/aromatic N) is 1. The largest absolute Gasteiger partial charge is 0.376 e. The lowest BCUT2D eigenvalue weighted by molar-refractivity contribution is -0.131. The van der Waals surface area contributed by atoms with E-state index in [4.69, 9.17) is 27.8 Å². The third-order valence-electron chi connectivity index (χ3n) is 4.69. The van der Waals surface area contributed by atoms with Crippen molar-refractivity contribution in [3.8, 4) is 0 Å². The molecule has 1 amide bonds. The molecule has 0 aliphatic carbocycles. The number of amides is 1. The summed E-state index contributed by atoms with van der Waals surface area (Å²) in [6, 6.07) is -0.0814. The molecule has 2 aliphatic rings. The molecule has 0 saturated carbocycles.